The van der Waals surface area contributed by atoms with Crippen LogP contribution in [-0.2, 0) is 4.79 Å². The second-order valence-corrected chi connectivity index (χ2v) is 4.86. The van der Waals surface area contributed by atoms with E-state index in [4.69, 9.17) is 26.4 Å². The molecule has 7 heteroatoms. The minimum atomic E-state index is -1.14. The molecule has 2 rings (SSSR count). The van der Waals surface area contributed by atoms with E-state index in [9.17, 15) is 9.59 Å². The number of aromatic carboxylic acids is 1. The third kappa shape index (κ3) is 3.59. The zero-order valence-corrected chi connectivity index (χ0v) is 12.7. The van der Waals surface area contributed by atoms with Crippen molar-refractivity contribution in [3.05, 3.63) is 52.3 Å². The van der Waals surface area contributed by atoms with Gasteiger partial charge in [0.1, 0.15) is 23.2 Å². The molecule has 116 valence electrons. The monoisotopic (exact) mass is 330 g/mol. The minimum Gasteiger partial charge on any atom is -0.478 e. The van der Waals surface area contributed by atoms with Gasteiger partial charge >= 0.3 is 5.97 Å². The fourth-order valence-electron chi connectivity index (χ4n) is 1.85. The first kappa shape index (κ1) is 16.3. The average Bonchev–Trinajstić information content (AvgIpc) is 3.00. The van der Waals surface area contributed by atoms with Gasteiger partial charge in [-0.3, -0.25) is 4.79 Å². The van der Waals surface area contributed by atoms with Gasteiger partial charge in [0.15, 0.2) is 0 Å². The quantitative estimate of drug-likeness (QED) is 0.662. The number of benzene rings is 1. The summed E-state index contributed by atoms with van der Waals surface area (Å²) in [7, 11) is 1.42. The van der Waals surface area contributed by atoms with Gasteiger partial charge in [-0.25, -0.2) is 4.79 Å². The van der Waals surface area contributed by atoms with E-state index in [1.54, 1.807) is 24.3 Å². The molecule has 0 radical (unpaired) electrons. The molecule has 1 aromatic heterocycles. The maximum Gasteiger partial charge on any atom is 0.337 e. The highest BCUT2D eigenvalue weighted by Gasteiger charge is 2.13. The average molecular weight is 331 g/mol. The Morgan fingerprint density at radius 3 is 2.70 bits per heavy atom. The SMILES string of the molecule is CNC(=O)C(C#N)=Cc1ccc(-c2ccc(Cl)c(C(=O)O)c2)o1. The molecule has 1 heterocycles. The number of carbonyl (C=O) groups excluding carboxylic acids is 1. The Morgan fingerprint density at radius 2 is 2.09 bits per heavy atom. The van der Waals surface area contributed by atoms with E-state index in [-0.39, 0.29) is 16.2 Å². The first-order valence-electron chi connectivity index (χ1n) is 6.43. The van der Waals surface area contributed by atoms with Crippen LogP contribution in [-0.4, -0.2) is 24.0 Å². The number of hydrogen-bond acceptors (Lipinski definition) is 4. The molecule has 0 fully saturated rings. The maximum atomic E-state index is 11.5. The predicted octanol–water partition coefficient (Wildman–Crippen LogP) is 2.95. The van der Waals surface area contributed by atoms with E-state index in [2.05, 4.69) is 5.32 Å². The zero-order valence-electron chi connectivity index (χ0n) is 12.0. The molecule has 1 amide bonds. The Labute approximate surface area is 136 Å². The van der Waals surface area contributed by atoms with Crippen LogP contribution < -0.4 is 5.32 Å². The van der Waals surface area contributed by atoms with Crippen molar-refractivity contribution in [1.29, 1.82) is 5.26 Å². The number of hydrogen-bond donors (Lipinski definition) is 2. The summed E-state index contributed by atoms with van der Waals surface area (Å²) in [6, 6.07) is 9.43. The number of carboxylic acids is 1. The minimum absolute atomic E-state index is 0.0410. The molecule has 0 atom stereocenters. The first-order chi connectivity index (χ1) is 11.0. The lowest BCUT2D eigenvalue weighted by Gasteiger charge is -2.02. The fraction of sp³-hybridized carbons (Fsp3) is 0.0625. The van der Waals surface area contributed by atoms with E-state index in [1.165, 1.54) is 25.3 Å². The van der Waals surface area contributed by atoms with Crippen LogP contribution in [0.5, 0.6) is 0 Å². The van der Waals surface area contributed by atoms with Crippen molar-refractivity contribution in [3.63, 3.8) is 0 Å². The van der Waals surface area contributed by atoms with E-state index in [0.29, 0.717) is 17.1 Å². The number of amides is 1. The standard InChI is InChI=1S/C16H11ClN2O4/c1-19-15(20)10(8-18)6-11-3-5-14(23-11)9-2-4-13(17)12(7-9)16(21)22/h2-7H,1H3,(H,19,20)(H,21,22). The van der Waals surface area contributed by atoms with Gasteiger partial charge < -0.3 is 14.8 Å². The molecule has 2 aromatic rings. The highest BCUT2D eigenvalue weighted by molar-refractivity contribution is 6.33. The number of rotatable bonds is 4. The first-order valence-corrected chi connectivity index (χ1v) is 6.81. The van der Waals surface area contributed by atoms with Gasteiger partial charge in [-0.05, 0) is 30.3 Å². The summed E-state index contributed by atoms with van der Waals surface area (Å²) in [5, 5.41) is 20.5. The van der Waals surface area contributed by atoms with Crippen LogP contribution in [0, 0.1) is 11.3 Å². The van der Waals surface area contributed by atoms with Crippen molar-refractivity contribution < 1.29 is 19.1 Å². The Bertz CT molecular complexity index is 846. The number of halogens is 1. The van der Waals surface area contributed by atoms with Crippen LogP contribution in [0.4, 0.5) is 0 Å². The van der Waals surface area contributed by atoms with Crippen molar-refractivity contribution >= 4 is 29.6 Å². The van der Waals surface area contributed by atoms with Crippen LogP contribution in [0.15, 0.2) is 40.3 Å². The molecule has 0 spiro atoms. The van der Waals surface area contributed by atoms with Crippen LogP contribution in [0.1, 0.15) is 16.1 Å². The van der Waals surface area contributed by atoms with Crippen LogP contribution >= 0.6 is 11.6 Å². The Morgan fingerprint density at radius 1 is 1.35 bits per heavy atom. The number of likely N-dealkylation sites (N-methyl/N-ethyl adjacent to an activating group) is 1. The zero-order chi connectivity index (χ0) is 17.0. The highest BCUT2D eigenvalue weighted by atomic mass is 35.5. The number of nitriles is 1. The second kappa shape index (κ2) is 6.81. The van der Waals surface area contributed by atoms with Gasteiger partial charge in [0.2, 0.25) is 0 Å². The molecular weight excluding hydrogens is 320 g/mol. The van der Waals surface area contributed by atoms with Crippen molar-refractivity contribution in [2.24, 2.45) is 0 Å². The number of nitrogens with one attached hydrogen (secondary N) is 1. The molecule has 0 saturated heterocycles. The van der Waals surface area contributed by atoms with Crippen LogP contribution in [0.25, 0.3) is 17.4 Å². The van der Waals surface area contributed by atoms with Gasteiger partial charge in [0.05, 0.1) is 10.6 Å². The van der Waals surface area contributed by atoms with E-state index in [1.807, 2.05) is 0 Å². The molecule has 6 nitrogen and oxygen atoms in total. The van der Waals surface area contributed by atoms with Gasteiger partial charge in [-0.2, -0.15) is 5.26 Å². The molecule has 0 saturated carbocycles. The van der Waals surface area contributed by atoms with Crippen LogP contribution in [0.3, 0.4) is 0 Å². The maximum absolute atomic E-state index is 11.5. The van der Waals surface area contributed by atoms with Crippen molar-refractivity contribution in [2.45, 2.75) is 0 Å². The molecule has 0 aliphatic heterocycles. The Hall–Kier alpha value is -3.04. The van der Waals surface area contributed by atoms with Crippen molar-refractivity contribution in [2.75, 3.05) is 7.05 Å². The smallest absolute Gasteiger partial charge is 0.337 e. The van der Waals surface area contributed by atoms with Crippen molar-refractivity contribution in [1.82, 2.24) is 5.32 Å². The molecule has 2 N–H and O–H groups in total. The molecular formula is C16H11ClN2O4. The number of carbonyl (C=O) groups is 2. The lowest BCUT2D eigenvalue weighted by atomic mass is 10.1. The van der Waals surface area contributed by atoms with E-state index >= 15 is 0 Å². The summed E-state index contributed by atoms with van der Waals surface area (Å²) in [6.07, 6.45) is 1.30. The Kier molecular flexibility index (Phi) is 4.84. The third-order valence-corrected chi connectivity index (χ3v) is 3.32. The van der Waals surface area contributed by atoms with Crippen molar-refractivity contribution in [3.8, 4) is 17.4 Å². The lowest BCUT2D eigenvalue weighted by Crippen LogP contribution is -2.18. The van der Waals surface area contributed by atoms with Gasteiger partial charge in [-0.1, -0.05) is 11.6 Å². The van der Waals surface area contributed by atoms with E-state index in [0.717, 1.165) is 0 Å². The van der Waals surface area contributed by atoms with Gasteiger partial charge in [0.25, 0.3) is 5.91 Å². The summed E-state index contributed by atoms with van der Waals surface area (Å²) >= 11 is 5.82. The second-order valence-electron chi connectivity index (χ2n) is 4.45. The number of furan rings is 1. The van der Waals surface area contributed by atoms with Crippen LogP contribution in [0.2, 0.25) is 5.02 Å². The van der Waals surface area contributed by atoms with Gasteiger partial charge in [0, 0.05) is 18.7 Å². The fourth-order valence-corrected chi connectivity index (χ4v) is 2.05. The number of carboxylic acid groups (broad SMARTS) is 1. The third-order valence-electron chi connectivity index (χ3n) is 2.99. The largest absolute Gasteiger partial charge is 0.478 e. The Balaban J connectivity index is 2.39. The van der Waals surface area contributed by atoms with Gasteiger partial charge in [-0.15, -0.1) is 0 Å². The molecule has 0 unspecified atom stereocenters. The summed E-state index contributed by atoms with van der Waals surface area (Å²) in [4.78, 5) is 22.6. The van der Waals surface area contributed by atoms with E-state index < -0.39 is 11.9 Å². The molecule has 0 bridgehead atoms. The molecule has 0 aliphatic carbocycles. The molecule has 23 heavy (non-hydrogen) atoms. The summed E-state index contributed by atoms with van der Waals surface area (Å²) in [5.41, 5.74) is 0.376. The predicted molar refractivity (Wildman–Crippen MR) is 83.8 cm³/mol. The summed E-state index contributed by atoms with van der Waals surface area (Å²) < 4.78 is 5.53. The normalized spacial score (nSPS) is 10.9. The summed E-state index contributed by atoms with van der Waals surface area (Å²) in [5.74, 6) is -0.975. The number of nitrogens with zero attached hydrogens (tertiary/aromatic N) is 1. The summed E-state index contributed by atoms with van der Waals surface area (Å²) in [6.45, 7) is 0. The lowest BCUT2D eigenvalue weighted by molar-refractivity contribution is -0.116. The molecule has 0 aliphatic rings. The highest BCUT2D eigenvalue weighted by Crippen LogP contribution is 2.27. The molecule has 1 aromatic carbocycles. The topological polar surface area (TPSA) is 103 Å².